The molecule has 9 nitrogen and oxygen atoms in total. The van der Waals surface area contributed by atoms with Crippen molar-refractivity contribution in [1.29, 1.82) is 0 Å². The number of hydrogen-bond donors (Lipinski definition) is 4. The van der Waals surface area contributed by atoms with Crippen molar-refractivity contribution in [3.8, 4) is 28.7 Å². The van der Waals surface area contributed by atoms with Crippen molar-refractivity contribution in [2.45, 2.75) is 6.42 Å². The molecule has 0 aliphatic rings. The number of hydrogen-bond acceptors (Lipinski definition) is 8. The van der Waals surface area contributed by atoms with Crippen LogP contribution in [0.15, 0.2) is 77.9 Å². The maximum Gasteiger partial charge on any atom is 0.271 e. The molecule has 0 atom stereocenters. The van der Waals surface area contributed by atoms with Gasteiger partial charge in [0.1, 0.15) is 5.75 Å². The number of benzene rings is 3. The van der Waals surface area contributed by atoms with Crippen LogP contribution >= 0.6 is 0 Å². The highest BCUT2D eigenvalue weighted by Crippen LogP contribution is 2.27. The van der Waals surface area contributed by atoms with E-state index in [9.17, 15) is 24.9 Å². The predicted octanol–water partition coefficient (Wildman–Crippen LogP) is 4.29. The maximum atomic E-state index is 12.7. The number of hydrazone groups is 1. The number of amides is 1. The average molecular weight is 503 g/mol. The Morgan fingerprint density at radius 3 is 2.00 bits per heavy atom. The second-order valence-electron chi connectivity index (χ2n) is 7.77. The van der Waals surface area contributed by atoms with Gasteiger partial charge < -0.3 is 24.8 Å². The largest absolute Gasteiger partial charge is 0.508 e. The van der Waals surface area contributed by atoms with Gasteiger partial charge in [-0.05, 0) is 65.7 Å². The molecule has 3 aromatic carbocycles. The Hall–Kier alpha value is -5.05. The zero-order valence-corrected chi connectivity index (χ0v) is 20.2. The van der Waals surface area contributed by atoms with E-state index in [0.29, 0.717) is 11.1 Å². The van der Waals surface area contributed by atoms with Crippen LogP contribution in [0.5, 0.6) is 28.7 Å². The van der Waals surface area contributed by atoms with Crippen molar-refractivity contribution in [2.24, 2.45) is 5.10 Å². The molecule has 0 aliphatic carbocycles. The molecule has 0 fully saturated rings. The number of nitrogens with zero attached hydrogens (tertiary/aromatic N) is 1. The van der Waals surface area contributed by atoms with Crippen LogP contribution in [0.2, 0.25) is 0 Å². The normalized spacial score (nSPS) is 11.6. The molecule has 0 radical (unpaired) electrons. The molecule has 0 saturated carbocycles. The maximum absolute atomic E-state index is 12.7. The van der Waals surface area contributed by atoms with Crippen LogP contribution in [0.25, 0.3) is 12.2 Å². The van der Waals surface area contributed by atoms with Gasteiger partial charge in [0.2, 0.25) is 0 Å². The first-order chi connectivity index (χ1) is 17.8. The smallest absolute Gasteiger partial charge is 0.271 e. The van der Waals surface area contributed by atoms with E-state index in [1.807, 2.05) is 0 Å². The minimum absolute atomic E-state index is 0.0149. The number of carbonyl (C=O) groups is 2. The number of nitrogens with one attached hydrogen (secondary N) is 1. The number of aromatic hydroxyl groups is 3. The van der Waals surface area contributed by atoms with Gasteiger partial charge in [0.05, 0.1) is 26.4 Å². The van der Waals surface area contributed by atoms with Crippen molar-refractivity contribution in [2.75, 3.05) is 14.2 Å². The Balaban J connectivity index is 1.81. The van der Waals surface area contributed by atoms with E-state index in [2.05, 4.69) is 10.5 Å². The van der Waals surface area contributed by atoms with Crippen LogP contribution in [0, 0.1) is 0 Å². The molecule has 0 bridgehead atoms. The minimum Gasteiger partial charge on any atom is -0.508 e. The number of rotatable bonds is 10. The van der Waals surface area contributed by atoms with Gasteiger partial charge in [-0.3, -0.25) is 9.59 Å². The second kappa shape index (κ2) is 12.6. The Morgan fingerprint density at radius 2 is 1.43 bits per heavy atom. The molecular formula is C28H26N2O7. The van der Waals surface area contributed by atoms with Crippen molar-refractivity contribution in [1.82, 2.24) is 5.43 Å². The third kappa shape index (κ3) is 7.72. The van der Waals surface area contributed by atoms with Gasteiger partial charge >= 0.3 is 0 Å². The van der Waals surface area contributed by atoms with Crippen LogP contribution in [0.3, 0.4) is 0 Å². The van der Waals surface area contributed by atoms with Gasteiger partial charge in [0.15, 0.2) is 28.8 Å². The SMILES string of the molecule is COc1cc(/C=C/C(=O)CC(/C=C/c2ccc(O)c(OC)c2)=N/NC(=O)c2cccc(O)c2)ccc1O. The summed E-state index contributed by atoms with van der Waals surface area (Å²) in [7, 11) is 2.86. The van der Waals surface area contributed by atoms with Crippen molar-refractivity contribution < 1.29 is 34.4 Å². The van der Waals surface area contributed by atoms with Crippen LogP contribution in [-0.2, 0) is 4.79 Å². The Bertz CT molecular complexity index is 1380. The molecule has 0 saturated heterocycles. The molecule has 4 N–H and O–H groups in total. The van der Waals surface area contributed by atoms with Crippen LogP contribution in [-0.4, -0.2) is 46.9 Å². The fraction of sp³-hybridized carbons (Fsp3) is 0.107. The fourth-order valence-electron chi connectivity index (χ4n) is 3.18. The van der Waals surface area contributed by atoms with E-state index in [1.165, 1.54) is 56.7 Å². The molecule has 37 heavy (non-hydrogen) atoms. The molecule has 0 heterocycles. The number of ketones is 1. The lowest BCUT2D eigenvalue weighted by Crippen LogP contribution is -2.20. The monoisotopic (exact) mass is 502 g/mol. The van der Waals surface area contributed by atoms with Crippen molar-refractivity contribution in [3.05, 3.63) is 89.5 Å². The zero-order valence-electron chi connectivity index (χ0n) is 20.2. The third-order valence-corrected chi connectivity index (χ3v) is 5.10. The number of methoxy groups -OCH3 is 2. The average Bonchev–Trinajstić information content (AvgIpc) is 2.90. The lowest BCUT2D eigenvalue weighted by Gasteiger charge is -2.05. The molecule has 3 rings (SSSR count). The van der Waals surface area contributed by atoms with Gasteiger partial charge in [-0.25, -0.2) is 5.43 Å². The number of ether oxygens (including phenoxy) is 2. The molecule has 3 aromatic rings. The van der Waals surface area contributed by atoms with Crippen molar-refractivity contribution >= 4 is 29.6 Å². The minimum atomic E-state index is -0.563. The number of phenols is 3. The number of carbonyl (C=O) groups excluding carboxylic acids is 2. The van der Waals surface area contributed by atoms with Crippen LogP contribution < -0.4 is 14.9 Å². The summed E-state index contributed by atoms with van der Waals surface area (Å²) in [5, 5.41) is 33.2. The summed E-state index contributed by atoms with van der Waals surface area (Å²) < 4.78 is 10.2. The molecule has 0 aliphatic heterocycles. The Morgan fingerprint density at radius 1 is 0.838 bits per heavy atom. The summed E-state index contributed by atoms with van der Waals surface area (Å²) in [5.74, 6) is -0.404. The molecule has 0 unspecified atom stereocenters. The Labute approximate surface area is 213 Å². The van der Waals surface area contributed by atoms with E-state index in [4.69, 9.17) is 9.47 Å². The van der Waals surface area contributed by atoms with E-state index in [0.717, 1.165) is 0 Å². The summed E-state index contributed by atoms with van der Waals surface area (Å²) in [5.41, 5.74) is 4.15. The summed E-state index contributed by atoms with van der Waals surface area (Å²) in [4.78, 5) is 25.1. The van der Waals surface area contributed by atoms with Crippen molar-refractivity contribution in [3.63, 3.8) is 0 Å². The van der Waals surface area contributed by atoms with Gasteiger partial charge in [-0.1, -0.05) is 30.4 Å². The van der Waals surface area contributed by atoms with E-state index >= 15 is 0 Å². The van der Waals surface area contributed by atoms with Gasteiger partial charge in [0.25, 0.3) is 5.91 Å². The summed E-state index contributed by atoms with van der Waals surface area (Å²) in [6, 6.07) is 15.2. The third-order valence-electron chi connectivity index (χ3n) is 5.10. The van der Waals surface area contributed by atoms with E-state index in [-0.39, 0.29) is 52.2 Å². The van der Waals surface area contributed by atoms with Gasteiger partial charge in [-0.15, -0.1) is 0 Å². The second-order valence-corrected chi connectivity index (χ2v) is 7.77. The summed E-state index contributed by atoms with van der Waals surface area (Å²) in [6.07, 6.45) is 6.00. The highest BCUT2D eigenvalue weighted by Gasteiger charge is 2.09. The zero-order chi connectivity index (χ0) is 26.8. The predicted molar refractivity (Wildman–Crippen MR) is 140 cm³/mol. The molecule has 0 spiro atoms. The summed E-state index contributed by atoms with van der Waals surface area (Å²) >= 11 is 0. The topological polar surface area (TPSA) is 138 Å². The molecule has 1 amide bonds. The summed E-state index contributed by atoms with van der Waals surface area (Å²) in [6.45, 7) is 0. The lowest BCUT2D eigenvalue weighted by molar-refractivity contribution is -0.113. The lowest BCUT2D eigenvalue weighted by atomic mass is 10.1. The standard InChI is InChI=1S/C28H26N2O7/c1-36-26-14-18(8-12-24(26)33)6-10-21(29-30-28(35)20-4-3-5-22(31)16-20)17-23(32)11-7-19-9-13-25(34)27(15-19)37-2/h3-16,31,33-34H,17H2,1-2H3,(H,30,35)/b10-6+,11-7+,29-21+. The first kappa shape index (κ1) is 26.6. The molecule has 9 heteroatoms. The van der Waals surface area contributed by atoms with Crippen LogP contribution in [0.1, 0.15) is 27.9 Å². The molecule has 190 valence electrons. The molecular weight excluding hydrogens is 476 g/mol. The number of phenolic OH excluding ortho intramolecular Hbond substituents is 3. The first-order valence-corrected chi connectivity index (χ1v) is 11.1. The Kier molecular flexibility index (Phi) is 9.04. The van der Waals surface area contributed by atoms with Gasteiger partial charge in [-0.2, -0.15) is 5.10 Å². The quantitative estimate of drug-likeness (QED) is 0.184. The first-order valence-electron chi connectivity index (χ1n) is 11.1. The molecule has 0 aromatic heterocycles. The number of allylic oxidation sites excluding steroid dienone is 2. The van der Waals surface area contributed by atoms with E-state index < -0.39 is 5.91 Å². The fourth-order valence-corrected chi connectivity index (χ4v) is 3.18. The van der Waals surface area contributed by atoms with Gasteiger partial charge in [0, 0.05) is 5.56 Å². The highest BCUT2D eigenvalue weighted by atomic mass is 16.5. The highest BCUT2D eigenvalue weighted by molar-refractivity contribution is 6.13. The van der Waals surface area contributed by atoms with Crippen LogP contribution in [0.4, 0.5) is 0 Å². The van der Waals surface area contributed by atoms with E-state index in [1.54, 1.807) is 42.5 Å².